The highest BCUT2D eigenvalue weighted by atomic mass is 16.2. The molecule has 0 atom stereocenters. The highest BCUT2D eigenvalue weighted by molar-refractivity contribution is 6.00. The minimum absolute atomic E-state index is 0.0514. The maximum atomic E-state index is 12.4. The molecule has 1 aromatic heterocycles. The summed E-state index contributed by atoms with van der Waals surface area (Å²) < 4.78 is 0. The van der Waals surface area contributed by atoms with Gasteiger partial charge in [0.2, 0.25) is 5.91 Å². The molecule has 1 aliphatic rings. The molecule has 6 heteroatoms. The van der Waals surface area contributed by atoms with Crippen LogP contribution in [0.3, 0.4) is 0 Å². The topological polar surface area (TPSA) is 79.5 Å². The van der Waals surface area contributed by atoms with E-state index in [4.69, 9.17) is 5.73 Å². The van der Waals surface area contributed by atoms with E-state index < -0.39 is 0 Å². The highest BCUT2D eigenvalue weighted by Gasteiger charge is 2.25. The molecular weight excluding hydrogens is 244 g/mol. The first-order valence-electron chi connectivity index (χ1n) is 6.24. The van der Waals surface area contributed by atoms with E-state index in [1.165, 1.54) is 11.1 Å². The molecule has 0 bridgehead atoms. The van der Waals surface area contributed by atoms with E-state index in [1.807, 2.05) is 6.92 Å². The summed E-state index contributed by atoms with van der Waals surface area (Å²) in [6.45, 7) is 3.14. The van der Waals surface area contributed by atoms with Crippen molar-refractivity contribution in [3.05, 3.63) is 23.5 Å². The number of rotatable bonds is 1. The summed E-state index contributed by atoms with van der Waals surface area (Å²) in [6.07, 6.45) is 2.25. The molecule has 2 rings (SSSR count). The summed E-state index contributed by atoms with van der Waals surface area (Å²) in [7, 11) is 1.75. The van der Waals surface area contributed by atoms with Crippen LogP contribution in [-0.4, -0.2) is 53.3 Å². The number of likely N-dealkylation sites (N-methyl/N-ethyl adjacent to an activating group) is 1. The van der Waals surface area contributed by atoms with Gasteiger partial charge in [0.25, 0.3) is 5.91 Å². The van der Waals surface area contributed by atoms with Crippen LogP contribution in [0.25, 0.3) is 0 Å². The molecule has 0 aliphatic carbocycles. The summed E-state index contributed by atoms with van der Waals surface area (Å²) in [5.41, 5.74) is 7.38. The predicted molar refractivity (Wildman–Crippen MR) is 71.5 cm³/mol. The van der Waals surface area contributed by atoms with E-state index in [0.717, 1.165) is 12.1 Å². The van der Waals surface area contributed by atoms with Gasteiger partial charge < -0.3 is 15.5 Å². The maximum Gasteiger partial charge on any atom is 0.257 e. The van der Waals surface area contributed by atoms with Crippen molar-refractivity contribution in [2.75, 3.05) is 32.4 Å². The zero-order valence-corrected chi connectivity index (χ0v) is 11.2. The van der Waals surface area contributed by atoms with Gasteiger partial charge in [-0.15, -0.1) is 0 Å². The molecule has 2 heterocycles. The molecule has 6 nitrogen and oxygen atoms in total. The fourth-order valence-electron chi connectivity index (χ4n) is 2.09. The molecule has 1 aromatic rings. The normalized spacial score (nSPS) is 16.4. The molecule has 0 unspecified atom stereocenters. The lowest BCUT2D eigenvalue weighted by Crippen LogP contribution is -2.38. The average Bonchev–Trinajstić information content (AvgIpc) is 2.51. The zero-order chi connectivity index (χ0) is 14.0. The van der Waals surface area contributed by atoms with Gasteiger partial charge in [-0.3, -0.25) is 14.6 Å². The van der Waals surface area contributed by atoms with Crippen LogP contribution in [0.4, 0.5) is 5.69 Å². The number of carbonyl (C=O) groups is 2. The first kappa shape index (κ1) is 13.3. The number of aryl methyl sites for hydroxylation is 1. The van der Waals surface area contributed by atoms with Crippen LogP contribution in [0.2, 0.25) is 0 Å². The third-order valence-corrected chi connectivity index (χ3v) is 3.26. The number of hydrogen-bond acceptors (Lipinski definition) is 4. The first-order valence-corrected chi connectivity index (χ1v) is 6.24. The monoisotopic (exact) mass is 262 g/mol. The van der Waals surface area contributed by atoms with Gasteiger partial charge in [-0.25, -0.2) is 0 Å². The van der Waals surface area contributed by atoms with Gasteiger partial charge in [-0.1, -0.05) is 0 Å². The molecule has 0 radical (unpaired) electrons. The molecule has 19 heavy (non-hydrogen) atoms. The standard InChI is InChI=1S/C13H18N4O2/c1-9-6-11(14)10(7-15-9)13(19)17-5-3-4-16(2)12(18)8-17/h6-7H,3-5,8H2,1-2H3,(H2,14,15). The van der Waals surface area contributed by atoms with Gasteiger partial charge in [0.05, 0.1) is 5.56 Å². The third kappa shape index (κ3) is 2.83. The van der Waals surface area contributed by atoms with Gasteiger partial charge in [0, 0.05) is 37.7 Å². The second kappa shape index (κ2) is 5.26. The minimum Gasteiger partial charge on any atom is -0.398 e. The Balaban J connectivity index is 2.21. The third-order valence-electron chi connectivity index (χ3n) is 3.26. The molecule has 0 saturated carbocycles. The van der Waals surface area contributed by atoms with Gasteiger partial charge in [-0.2, -0.15) is 0 Å². The van der Waals surface area contributed by atoms with Gasteiger partial charge in [0.15, 0.2) is 0 Å². The Hall–Kier alpha value is -2.11. The van der Waals surface area contributed by atoms with Crippen molar-refractivity contribution >= 4 is 17.5 Å². The number of aromatic nitrogens is 1. The Kier molecular flexibility index (Phi) is 3.69. The van der Waals surface area contributed by atoms with E-state index in [9.17, 15) is 9.59 Å². The van der Waals surface area contributed by atoms with E-state index in [-0.39, 0.29) is 18.4 Å². The van der Waals surface area contributed by atoms with Crippen molar-refractivity contribution < 1.29 is 9.59 Å². The quantitative estimate of drug-likeness (QED) is 0.788. The van der Waals surface area contributed by atoms with Crippen LogP contribution in [0, 0.1) is 6.92 Å². The summed E-state index contributed by atoms with van der Waals surface area (Å²) in [5, 5.41) is 0. The van der Waals surface area contributed by atoms with E-state index in [0.29, 0.717) is 24.3 Å². The Morgan fingerprint density at radius 3 is 2.84 bits per heavy atom. The second-order valence-corrected chi connectivity index (χ2v) is 4.81. The lowest BCUT2D eigenvalue weighted by Gasteiger charge is -2.20. The van der Waals surface area contributed by atoms with E-state index >= 15 is 0 Å². The average molecular weight is 262 g/mol. The number of nitrogens with two attached hydrogens (primary N) is 1. The molecule has 2 N–H and O–H groups in total. The predicted octanol–water partition coefficient (Wildman–Crippen LogP) is 0.277. The van der Waals surface area contributed by atoms with Crippen molar-refractivity contribution in [2.24, 2.45) is 0 Å². The Labute approximate surface area is 112 Å². The Bertz CT molecular complexity index is 515. The zero-order valence-electron chi connectivity index (χ0n) is 11.2. The van der Waals surface area contributed by atoms with Crippen molar-refractivity contribution in [1.29, 1.82) is 0 Å². The highest BCUT2D eigenvalue weighted by Crippen LogP contribution is 2.15. The van der Waals surface area contributed by atoms with Gasteiger partial charge in [0.1, 0.15) is 6.54 Å². The van der Waals surface area contributed by atoms with E-state index in [2.05, 4.69) is 4.98 Å². The van der Waals surface area contributed by atoms with Crippen molar-refractivity contribution in [3.8, 4) is 0 Å². The number of pyridine rings is 1. The summed E-state index contributed by atoms with van der Waals surface area (Å²) in [4.78, 5) is 31.4. The number of amides is 2. The minimum atomic E-state index is -0.228. The molecule has 1 saturated heterocycles. The Morgan fingerprint density at radius 1 is 1.42 bits per heavy atom. The lowest BCUT2D eigenvalue weighted by molar-refractivity contribution is -0.129. The van der Waals surface area contributed by atoms with Crippen LogP contribution in [0.5, 0.6) is 0 Å². The summed E-state index contributed by atoms with van der Waals surface area (Å²) in [6, 6.07) is 1.67. The number of hydrogen-bond donors (Lipinski definition) is 1. The van der Waals surface area contributed by atoms with Crippen molar-refractivity contribution in [2.45, 2.75) is 13.3 Å². The number of nitrogens with zero attached hydrogens (tertiary/aromatic N) is 3. The Morgan fingerprint density at radius 2 is 2.16 bits per heavy atom. The van der Waals surface area contributed by atoms with Crippen LogP contribution in [0.15, 0.2) is 12.3 Å². The fourth-order valence-corrected chi connectivity index (χ4v) is 2.09. The second-order valence-electron chi connectivity index (χ2n) is 4.81. The molecule has 0 aromatic carbocycles. The SMILES string of the molecule is Cc1cc(N)c(C(=O)N2CCCN(C)C(=O)C2)cn1. The smallest absolute Gasteiger partial charge is 0.257 e. The molecular formula is C13H18N4O2. The summed E-state index contributed by atoms with van der Waals surface area (Å²) in [5.74, 6) is -0.279. The largest absolute Gasteiger partial charge is 0.398 e. The number of anilines is 1. The van der Waals surface area contributed by atoms with E-state index in [1.54, 1.807) is 18.0 Å². The molecule has 1 aliphatic heterocycles. The molecule has 2 amide bonds. The van der Waals surface area contributed by atoms with Crippen LogP contribution < -0.4 is 5.73 Å². The lowest BCUT2D eigenvalue weighted by atomic mass is 10.2. The fraction of sp³-hybridized carbons (Fsp3) is 0.462. The van der Waals surface area contributed by atoms with Crippen molar-refractivity contribution in [1.82, 2.24) is 14.8 Å². The first-order chi connectivity index (χ1) is 8.99. The number of carbonyl (C=O) groups excluding carboxylic acids is 2. The summed E-state index contributed by atoms with van der Waals surface area (Å²) >= 11 is 0. The maximum absolute atomic E-state index is 12.4. The molecule has 1 fully saturated rings. The van der Waals surface area contributed by atoms with Gasteiger partial charge in [-0.05, 0) is 19.4 Å². The van der Waals surface area contributed by atoms with Crippen LogP contribution >= 0.6 is 0 Å². The van der Waals surface area contributed by atoms with Crippen LogP contribution in [-0.2, 0) is 4.79 Å². The molecule has 102 valence electrons. The van der Waals surface area contributed by atoms with Gasteiger partial charge >= 0.3 is 0 Å². The number of nitrogen functional groups attached to an aromatic ring is 1. The van der Waals surface area contributed by atoms with Crippen molar-refractivity contribution in [3.63, 3.8) is 0 Å². The molecule has 0 spiro atoms. The van der Waals surface area contributed by atoms with Crippen LogP contribution in [0.1, 0.15) is 22.5 Å².